The maximum absolute atomic E-state index is 6.07. The van der Waals surface area contributed by atoms with Gasteiger partial charge in [-0.1, -0.05) is 18.1 Å². The quantitative estimate of drug-likeness (QED) is 0.806. The largest absolute Gasteiger partial charge is 0.474 e. The van der Waals surface area contributed by atoms with Gasteiger partial charge in [-0.15, -0.1) is 0 Å². The van der Waals surface area contributed by atoms with Crippen molar-refractivity contribution in [2.45, 2.75) is 45.1 Å². The molecule has 1 aromatic carbocycles. The lowest BCUT2D eigenvalue weighted by atomic mass is 9.98. The van der Waals surface area contributed by atoms with Gasteiger partial charge < -0.3 is 4.74 Å². The average Bonchev–Trinajstić information content (AvgIpc) is 2.41. The van der Waals surface area contributed by atoms with Crippen LogP contribution < -0.4 is 4.74 Å². The van der Waals surface area contributed by atoms with Gasteiger partial charge in [-0.05, 0) is 44.7 Å². The number of hydrogen-bond donors (Lipinski definition) is 0. The van der Waals surface area contributed by atoms with E-state index >= 15 is 0 Å². The Morgan fingerprint density at radius 2 is 1.94 bits per heavy atom. The van der Waals surface area contributed by atoms with Gasteiger partial charge in [-0.2, -0.15) is 0 Å². The summed E-state index contributed by atoms with van der Waals surface area (Å²) >= 11 is 0. The van der Waals surface area contributed by atoms with E-state index in [1.54, 1.807) is 6.33 Å². The average molecular weight is 242 g/mol. The summed E-state index contributed by atoms with van der Waals surface area (Å²) in [5, 5.41) is 1.03. The summed E-state index contributed by atoms with van der Waals surface area (Å²) < 4.78 is 6.07. The van der Waals surface area contributed by atoms with Crippen molar-refractivity contribution in [1.82, 2.24) is 9.97 Å². The maximum atomic E-state index is 6.07. The van der Waals surface area contributed by atoms with Gasteiger partial charge in [0.1, 0.15) is 12.4 Å². The Balaban J connectivity index is 1.92. The lowest BCUT2D eigenvalue weighted by Gasteiger charge is -2.22. The number of nitrogens with zero attached hydrogens (tertiary/aromatic N) is 2. The molecule has 18 heavy (non-hydrogen) atoms. The van der Waals surface area contributed by atoms with Gasteiger partial charge in [0.05, 0.1) is 10.9 Å². The molecular formula is C15H18N2O. The topological polar surface area (TPSA) is 35.0 Å². The predicted octanol–water partition coefficient (Wildman–Crippen LogP) is 3.65. The third kappa shape index (κ3) is 2.30. The third-order valence-electron chi connectivity index (χ3n) is 3.58. The van der Waals surface area contributed by atoms with Crippen LogP contribution >= 0.6 is 0 Å². The van der Waals surface area contributed by atoms with E-state index in [9.17, 15) is 0 Å². The van der Waals surface area contributed by atoms with E-state index in [0.717, 1.165) is 29.6 Å². The number of hydrogen-bond acceptors (Lipinski definition) is 3. The first-order valence-corrected chi connectivity index (χ1v) is 6.71. The summed E-state index contributed by atoms with van der Waals surface area (Å²) in [6.45, 7) is 2.08. The van der Waals surface area contributed by atoms with Crippen LogP contribution in [0.1, 0.15) is 37.7 Å². The molecule has 3 rings (SSSR count). The Bertz CT molecular complexity index is 547. The predicted molar refractivity (Wildman–Crippen MR) is 71.8 cm³/mol. The minimum absolute atomic E-state index is 0.331. The monoisotopic (exact) mass is 242 g/mol. The second-order valence-electron chi connectivity index (χ2n) is 5.08. The third-order valence-corrected chi connectivity index (χ3v) is 3.58. The van der Waals surface area contributed by atoms with Crippen molar-refractivity contribution < 1.29 is 4.74 Å². The van der Waals surface area contributed by atoms with Crippen LogP contribution in [0.2, 0.25) is 0 Å². The van der Waals surface area contributed by atoms with Gasteiger partial charge in [0.2, 0.25) is 5.88 Å². The highest BCUT2D eigenvalue weighted by Crippen LogP contribution is 2.27. The molecule has 1 aliphatic carbocycles. The molecule has 94 valence electrons. The number of rotatable bonds is 2. The zero-order chi connectivity index (χ0) is 12.4. The van der Waals surface area contributed by atoms with Gasteiger partial charge in [-0.3, -0.25) is 0 Å². The van der Waals surface area contributed by atoms with Crippen LogP contribution in [0.4, 0.5) is 0 Å². The van der Waals surface area contributed by atoms with Crippen molar-refractivity contribution >= 4 is 10.9 Å². The van der Waals surface area contributed by atoms with E-state index in [4.69, 9.17) is 4.74 Å². The second-order valence-corrected chi connectivity index (χ2v) is 5.08. The van der Waals surface area contributed by atoms with Crippen molar-refractivity contribution in [3.63, 3.8) is 0 Å². The summed E-state index contributed by atoms with van der Waals surface area (Å²) in [4.78, 5) is 8.59. The highest BCUT2D eigenvalue weighted by Gasteiger charge is 2.16. The molecule has 2 aromatic rings. The van der Waals surface area contributed by atoms with E-state index in [1.807, 2.05) is 6.07 Å². The zero-order valence-corrected chi connectivity index (χ0v) is 10.7. The van der Waals surface area contributed by atoms with Crippen molar-refractivity contribution in [2.75, 3.05) is 0 Å². The highest BCUT2D eigenvalue weighted by atomic mass is 16.5. The standard InChI is InChI=1S/C15H18N2O/c1-11-7-8-14-13(9-11)15(17-10-16-14)18-12-5-3-2-4-6-12/h7-10,12H,2-6H2,1H3. The van der Waals surface area contributed by atoms with Crippen LogP contribution in [0.15, 0.2) is 24.5 Å². The van der Waals surface area contributed by atoms with Gasteiger partial charge in [0.25, 0.3) is 0 Å². The fourth-order valence-corrected chi connectivity index (χ4v) is 2.58. The molecule has 1 saturated carbocycles. The fraction of sp³-hybridized carbons (Fsp3) is 0.467. The van der Waals surface area contributed by atoms with Gasteiger partial charge in [-0.25, -0.2) is 9.97 Å². The van der Waals surface area contributed by atoms with Crippen LogP contribution in [0, 0.1) is 6.92 Å². The molecule has 1 aromatic heterocycles. The first-order chi connectivity index (χ1) is 8.83. The number of ether oxygens (including phenoxy) is 1. The molecule has 0 spiro atoms. The highest BCUT2D eigenvalue weighted by molar-refractivity contribution is 5.83. The molecule has 0 saturated heterocycles. The lowest BCUT2D eigenvalue weighted by Crippen LogP contribution is -2.20. The molecule has 3 nitrogen and oxygen atoms in total. The minimum atomic E-state index is 0.331. The molecule has 0 amide bonds. The number of benzene rings is 1. The molecule has 0 N–H and O–H groups in total. The molecule has 0 atom stereocenters. The van der Waals surface area contributed by atoms with E-state index in [-0.39, 0.29) is 0 Å². The van der Waals surface area contributed by atoms with Crippen molar-refractivity contribution in [3.8, 4) is 5.88 Å². The molecule has 0 radical (unpaired) electrons. The van der Waals surface area contributed by atoms with E-state index in [0.29, 0.717) is 6.10 Å². The first-order valence-electron chi connectivity index (χ1n) is 6.71. The van der Waals surface area contributed by atoms with Crippen molar-refractivity contribution in [2.24, 2.45) is 0 Å². The Labute approximate surface area is 107 Å². The Hall–Kier alpha value is -1.64. The minimum Gasteiger partial charge on any atom is -0.474 e. The van der Waals surface area contributed by atoms with Crippen molar-refractivity contribution in [1.29, 1.82) is 0 Å². The van der Waals surface area contributed by atoms with Crippen LogP contribution in [0.3, 0.4) is 0 Å². The molecule has 1 aliphatic rings. The maximum Gasteiger partial charge on any atom is 0.224 e. The summed E-state index contributed by atoms with van der Waals surface area (Å²) in [6.07, 6.45) is 8.10. The lowest BCUT2D eigenvalue weighted by molar-refractivity contribution is 0.151. The summed E-state index contributed by atoms with van der Waals surface area (Å²) in [6, 6.07) is 6.20. The van der Waals surface area contributed by atoms with Crippen molar-refractivity contribution in [3.05, 3.63) is 30.1 Å². The molecule has 0 bridgehead atoms. The zero-order valence-electron chi connectivity index (χ0n) is 10.7. The number of aromatic nitrogens is 2. The van der Waals surface area contributed by atoms with Gasteiger partial charge in [0.15, 0.2) is 0 Å². The van der Waals surface area contributed by atoms with E-state index in [2.05, 4.69) is 29.0 Å². The van der Waals surface area contributed by atoms with Crippen LogP contribution in [0.5, 0.6) is 5.88 Å². The van der Waals surface area contributed by atoms with E-state index in [1.165, 1.54) is 24.8 Å². The fourth-order valence-electron chi connectivity index (χ4n) is 2.58. The van der Waals surface area contributed by atoms with Crippen LogP contribution in [-0.2, 0) is 0 Å². The van der Waals surface area contributed by atoms with Crippen LogP contribution in [0.25, 0.3) is 10.9 Å². The second kappa shape index (κ2) is 4.92. The smallest absolute Gasteiger partial charge is 0.224 e. The number of aryl methyl sites for hydroxylation is 1. The Morgan fingerprint density at radius 3 is 2.78 bits per heavy atom. The number of fused-ring (bicyclic) bond motifs is 1. The van der Waals surface area contributed by atoms with Gasteiger partial charge in [0, 0.05) is 0 Å². The molecule has 0 aliphatic heterocycles. The molecule has 1 fully saturated rings. The Morgan fingerprint density at radius 1 is 1.11 bits per heavy atom. The summed E-state index contributed by atoms with van der Waals surface area (Å²) in [7, 11) is 0. The molecule has 1 heterocycles. The van der Waals surface area contributed by atoms with E-state index < -0.39 is 0 Å². The molecule has 0 unspecified atom stereocenters. The van der Waals surface area contributed by atoms with Crippen LogP contribution in [-0.4, -0.2) is 16.1 Å². The SMILES string of the molecule is Cc1ccc2ncnc(OC3CCCCC3)c2c1. The normalized spacial score (nSPS) is 16.9. The molecule has 3 heteroatoms. The summed E-state index contributed by atoms with van der Waals surface area (Å²) in [5.74, 6) is 0.746. The Kier molecular flexibility index (Phi) is 3.13. The first kappa shape index (κ1) is 11.5. The molecular weight excluding hydrogens is 224 g/mol. The van der Waals surface area contributed by atoms with Gasteiger partial charge >= 0.3 is 0 Å². The summed E-state index contributed by atoms with van der Waals surface area (Å²) in [5.41, 5.74) is 2.17.